The van der Waals surface area contributed by atoms with Gasteiger partial charge in [0.15, 0.2) is 0 Å². The zero-order valence-corrected chi connectivity index (χ0v) is 13.2. The van der Waals surface area contributed by atoms with Gasteiger partial charge in [-0.1, -0.05) is 0 Å². The minimum absolute atomic E-state index is 0.0477. The van der Waals surface area contributed by atoms with Gasteiger partial charge < -0.3 is 9.67 Å². The zero-order valence-electron chi connectivity index (χ0n) is 11.6. The van der Waals surface area contributed by atoms with Crippen molar-refractivity contribution >= 4 is 26.8 Å². The number of carbonyl (C=O) groups is 1. The highest BCUT2D eigenvalue weighted by Gasteiger charge is 2.26. The monoisotopic (exact) mass is 334 g/mol. The van der Waals surface area contributed by atoms with Gasteiger partial charge in [0.1, 0.15) is 10.6 Å². The van der Waals surface area contributed by atoms with E-state index in [9.17, 15) is 17.4 Å². The van der Waals surface area contributed by atoms with E-state index in [1.165, 1.54) is 10.8 Å². The molecule has 0 aromatic carbocycles. The van der Waals surface area contributed by atoms with Crippen LogP contribution in [-0.4, -0.2) is 45.8 Å². The van der Waals surface area contributed by atoms with Crippen molar-refractivity contribution in [2.24, 2.45) is 0 Å². The molecule has 0 amide bonds. The highest BCUT2D eigenvalue weighted by molar-refractivity contribution is 7.89. The van der Waals surface area contributed by atoms with Crippen LogP contribution in [-0.2, 0) is 27.4 Å². The lowest BCUT2D eigenvalue weighted by atomic mass is 10.2. The van der Waals surface area contributed by atoms with Crippen molar-refractivity contribution < 1.29 is 22.5 Å². The van der Waals surface area contributed by atoms with E-state index in [1.54, 1.807) is 6.92 Å². The third-order valence-electron chi connectivity index (χ3n) is 3.45. The molecular formula is C12H18N2O5S2. The molecule has 0 unspecified atom stereocenters. The van der Waals surface area contributed by atoms with Gasteiger partial charge in [-0.2, -0.15) is 0 Å². The van der Waals surface area contributed by atoms with E-state index in [1.807, 2.05) is 0 Å². The number of carboxylic acid groups (broad SMARTS) is 1. The Hall–Kier alpha value is -1.19. The van der Waals surface area contributed by atoms with E-state index in [2.05, 4.69) is 4.72 Å². The average molecular weight is 334 g/mol. The number of hydrogen-bond donors (Lipinski definition) is 2. The summed E-state index contributed by atoms with van der Waals surface area (Å²) in [5.74, 6) is -0.182. The van der Waals surface area contributed by atoms with E-state index < -0.39 is 26.8 Å². The molecule has 9 heteroatoms. The smallest absolute Gasteiger partial charge is 0.352 e. The first-order chi connectivity index (χ1) is 9.83. The Bertz CT molecular complexity index is 655. The Kier molecular flexibility index (Phi) is 4.84. The summed E-state index contributed by atoms with van der Waals surface area (Å²) < 4.78 is 39.8. The summed E-state index contributed by atoms with van der Waals surface area (Å²) in [6.45, 7) is 2.12. The first-order valence-electron chi connectivity index (χ1n) is 6.64. The second kappa shape index (κ2) is 6.29. The summed E-state index contributed by atoms with van der Waals surface area (Å²) in [6.07, 6.45) is 2.39. The Morgan fingerprint density at radius 2 is 2.10 bits per heavy atom. The van der Waals surface area contributed by atoms with Gasteiger partial charge in [0.25, 0.3) is 0 Å². The zero-order chi connectivity index (χ0) is 15.6. The molecule has 0 radical (unpaired) electrons. The van der Waals surface area contributed by atoms with Gasteiger partial charge in [0.05, 0.1) is 0 Å². The van der Waals surface area contributed by atoms with E-state index in [0.717, 1.165) is 6.07 Å². The molecule has 1 saturated heterocycles. The molecule has 0 saturated carbocycles. The van der Waals surface area contributed by atoms with Crippen LogP contribution in [0.4, 0.5) is 0 Å². The van der Waals surface area contributed by atoms with Gasteiger partial charge in [-0.25, -0.2) is 17.9 Å². The van der Waals surface area contributed by atoms with Crippen LogP contribution in [0.15, 0.2) is 17.2 Å². The molecule has 0 aliphatic carbocycles. The van der Waals surface area contributed by atoms with Crippen LogP contribution in [0.1, 0.15) is 30.3 Å². The molecule has 0 spiro atoms. The maximum absolute atomic E-state index is 12.3. The molecule has 0 atom stereocenters. The van der Waals surface area contributed by atoms with Gasteiger partial charge in [-0.15, -0.1) is 0 Å². The lowest BCUT2D eigenvalue weighted by Crippen LogP contribution is -2.39. The Morgan fingerprint density at radius 3 is 2.57 bits per heavy atom. The Morgan fingerprint density at radius 1 is 1.48 bits per heavy atom. The molecular weight excluding hydrogens is 316 g/mol. The predicted octanol–water partition coefficient (Wildman–Crippen LogP) is 0.396. The molecule has 1 aliphatic heterocycles. The third-order valence-corrected chi connectivity index (χ3v) is 6.32. The minimum Gasteiger partial charge on any atom is -0.477 e. The van der Waals surface area contributed by atoms with Gasteiger partial charge in [0, 0.05) is 41.1 Å². The molecule has 2 rings (SSSR count). The van der Waals surface area contributed by atoms with Crippen LogP contribution >= 0.6 is 0 Å². The molecule has 21 heavy (non-hydrogen) atoms. The molecule has 7 nitrogen and oxygen atoms in total. The second-order valence-corrected chi connectivity index (χ2v) is 8.31. The van der Waals surface area contributed by atoms with Gasteiger partial charge in [-0.05, 0) is 25.8 Å². The van der Waals surface area contributed by atoms with Gasteiger partial charge in [0.2, 0.25) is 10.0 Å². The molecule has 1 fully saturated rings. The summed E-state index contributed by atoms with van der Waals surface area (Å²) in [4.78, 5) is 11.0. The van der Waals surface area contributed by atoms with E-state index in [0.29, 0.717) is 30.9 Å². The van der Waals surface area contributed by atoms with Crippen LogP contribution in [0.25, 0.3) is 0 Å². The van der Waals surface area contributed by atoms with Crippen molar-refractivity contribution in [2.75, 3.05) is 11.5 Å². The maximum Gasteiger partial charge on any atom is 0.352 e. The normalized spacial score (nSPS) is 23.1. The van der Waals surface area contributed by atoms with Crippen LogP contribution in [0.3, 0.4) is 0 Å². The fourth-order valence-electron chi connectivity index (χ4n) is 2.27. The fourth-order valence-corrected chi connectivity index (χ4v) is 4.91. The highest BCUT2D eigenvalue weighted by Crippen LogP contribution is 2.17. The largest absolute Gasteiger partial charge is 0.477 e. The van der Waals surface area contributed by atoms with Crippen molar-refractivity contribution in [3.63, 3.8) is 0 Å². The number of nitrogens with zero attached hydrogens (tertiary/aromatic N) is 1. The van der Waals surface area contributed by atoms with Crippen molar-refractivity contribution in [1.29, 1.82) is 0 Å². The molecule has 118 valence electrons. The molecule has 1 aliphatic rings. The molecule has 2 heterocycles. The number of aromatic carboxylic acids is 1. The second-order valence-electron chi connectivity index (χ2n) is 4.90. The van der Waals surface area contributed by atoms with E-state index >= 15 is 0 Å². The Labute approximate surface area is 125 Å². The van der Waals surface area contributed by atoms with E-state index in [4.69, 9.17) is 5.11 Å². The first kappa shape index (κ1) is 16.2. The number of aromatic nitrogens is 1. The van der Waals surface area contributed by atoms with Crippen LogP contribution in [0.2, 0.25) is 0 Å². The molecule has 1 aromatic heterocycles. The maximum atomic E-state index is 12.3. The SMILES string of the molecule is CCn1cc(S(=O)(=O)NC2CCS(=O)CC2)cc1C(=O)O. The van der Waals surface area contributed by atoms with E-state index in [-0.39, 0.29) is 16.6 Å². The summed E-state index contributed by atoms with van der Waals surface area (Å²) >= 11 is 0. The number of rotatable bonds is 5. The van der Waals surface area contributed by atoms with Crippen LogP contribution < -0.4 is 4.72 Å². The standard InChI is InChI=1S/C12H18N2O5S2/c1-2-14-8-10(7-11(14)12(15)16)21(18,19)13-9-3-5-20(17)6-4-9/h7-9,13H,2-6H2,1H3,(H,15,16). The van der Waals surface area contributed by atoms with Crippen LogP contribution in [0.5, 0.6) is 0 Å². The summed E-state index contributed by atoms with van der Waals surface area (Å²) in [5.41, 5.74) is -0.0531. The highest BCUT2D eigenvalue weighted by atomic mass is 32.2. The molecule has 1 aromatic rings. The lowest BCUT2D eigenvalue weighted by Gasteiger charge is -2.22. The number of sulfonamides is 1. The predicted molar refractivity (Wildman–Crippen MR) is 78.3 cm³/mol. The Balaban J connectivity index is 2.19. The van der Waals surface area contributed by atoms with Gasteiger partial charge in [-0.3, -0.25) is 4.21 Å². The van der Waals surface area contributed by atoms with Crippen molar-refractivity contribution in [3.8, 4) is 0 Å². The average Bonchev–Trinajstić information content (AvgIpc) is 2.86. The van der Waals surface area contributed by atoms with Crippen molar-refractivity contribution in [3.05, 3.63) is 18.0 Å². The summed E-state index contributed by atoms with van der Waals surface area (Å²) in [7, 11) is -4.61. The number of aryl methyl sites for hydroxylation is 1. The number of carboxylic acids is 1. The van der Waals surface area contributed by atoms with Crippen molar-refractivity contribution in [1.82, 2.24) is 9.29 Å². The minimum atomic E-state index is -3.76. The van der Waals surface area contributed by atoms with Crippen LogP contribution in [0, 0.1) is 0 Å². The summed E-state index contributed by atoms with van der Waals surface area (Å²) in [6, 6.07) is 0.917. The number of hydrogen-bond acceptors (Lipinski definition) is 4. The summed E-state index contributed by atoms with van der Waals surface area (Å²) in [5, 5.41) is 9.06. The third kappa shape index (κ3) is 3.72. The molecule has 2 N–H and O–H groups in total. The lowest BCUT2D eigenvalue weighted by molar-refractivity contribution is 0.0685. The van der Waals surface area contributed by atoms with Crippen molar-refractivity contribution in [2.45, 2.75) is 37.2 Å². The fraction of sp³-hybridized carbons (Fsp3) is 0.583. The topological polar surface area (TPSA) is 105 Å². The quantitative estimate of drug-likeness (QED) is 0.810. The van der Waals surface area contributed by atoms with Gasteiger partial charge >= 0.3 is 5.97 Å². The molecule has 0 bridgehead atoms. The first-order valence-corrected chi connectivity index (χ1v) is 9.61. The number of nitrogens with one attached hydrogen (secondary N) is 1.